The van der Waals surface area contributed by atoms with Crippen molar-refractivity contribution in [3.63, 3.8) is 0 Å². The van der Waals surface area contributed by atoms with Crippen molar-refractivity contribution >= 4 is 43.8 Å². The summed E-state index contributed by atoms with van der Waals surface area (Å²) < 4.78 is 32.0. The van der Waals surface area contributed by atoms with Gasteiger partial charge in [0.15, 0.2) is 9.84 Å². The number of ether oxygens (including phenoxy) is 1. The molecule has 1 aliphatic heterocycles. The monoisotopic (exact) mass is 548 g/mol. The fourth-order valence-corrected chi connectivity index (χ4v) is 5.61. The molecule has 11 heteroatoms. The lowest BCUT2D eigenvalue weighted by atomic mass is 10.1. The van der Waals surface area contributed by atoms with Crippen molar-refractivity contribution in [1.82, 2.24) is 20.2 Å². The van der Waals surface area contributed by atoms with Crippen LogP contribution in [0.4, 0.5) is 23.1 Å². The van der Waals surface area contributed by atoms with Gasteiger partial charge in [0.2, 0.25) is 5.95 Å². The van der Waals surface area contributed by atoms with Crippen LogP contribution < -0.4 is 15.4 Å². The van der Waals surface area contributed by atoms with Crippen LogP contribution in [0, 0.1) is 6.92 Å². The molecule has 0 atom stereocenters. The smallest absolute Gasteiger partial charge is 0.229 e. The molecule has 0 unspecified atom stereocenters. The van der Waals surface area contributed by atoms with Crippen molar-refractivity contribution < 1.29 is 18.3 Å². The van der Waals surface area contributed by atoms with Crippen molar-refractivity contribution in [2.45, 2.75) is 57.5 Å². The van der Waals surface area contributed by atoms with Gasteiger partial charge in [-0.25, -0.2) is 13.4 Å². The Morgan fingerprint density at radius 2 is 1.79 bits per heavy atom. The number of aliphatic hydroxyl groups is 1. The van der Waals surface area contributed by atoms with E-state index in [9.17, 15) is 13.5 Å². The van der Waals surface area contributed by atoms with E-state index in [1.165, 1.54) is 0 Å². The fraction of sp³-hybridized carbons (Fsp3) is 0.286. The van der Waals surface area contributed by atoms with Crippen LogP contribution in [0.5, 0.6) is 5.75 Å². The summed E-state index contributed by atoms with van der Waals surface area (Å²) in [7, 11) is -3.51. The van der Waals surface area contributed by atoms with E-state index in [2.05, 4.69) is 30.8 Å². The first-order valence-electron chi connectivity index (χ1n) is 12.7. The maximum Gasteiger partial charge on any atom is 0.229 e. The first kappa shape index (κ1) is 26.5. The zero-order valence-corrected chi connectivity index (χ0v) is 23.3. The van der Waals surface area contributed by atoms with Crippen LogP contribution >= 0.6 is 0 Å². The number of hydrogen-bond donors (Lipinski definition) is 5. The van der Waals surface area contributed by atoms with Crippen LogP contribution in [0.2, 0.25) is 0 Å². The van der Waals surface area contributed by atoms with E-state index in [1.807, 2.05) is 39.0 Å². The van der Waals surface area contributed by atoms with E-state index < -0.39 is 15.1 Å². The minimum absolute atomic E-state index is 0.0697. The van der Waals surface area contributed by atoms with Gasteiger partial charge in [0.05, 0.1) is 45.6 Å². The molecule has 39 heavy (non-hydrogen) atoms. The molecule has 0 fully saturated rings. The Morgan fingerprint density at radius 1 is 1.03 bits per heavy atom. The Balaban J connectivity index is 1.53. The molecule has 0 saturated carbocycles. The van der Waals surface area contributed by atoms with Gasteiger partial charge in [-0.15, -0.1) is 0 Å². The molecule has 2 heterocycles. The zero-order chi connectivity index (χ0) is 27.9. The molecular weight excluding hydrogens is 516 g/mol. The molecular formula is C28H32N6O4S. The summed E-state index contributed by atoms with van der Waals surface area (Å²) in [4.78, 5) is 9.35. The Labute approximate surface area is 227 Å². The summed E-state index contributed by atoms with van der Waals surface area (Å²) in [5.41, 5.74) is 4.37. The number of nitrogens with zero attached hydrogens (tertiary/aromatic N) is 2. The Kier molecular flexibility index (Phi) is 6.96. The van der Waals surface area contributed by atoms with E-state index >= 15 is 0 Å². The number of nitrogens with one attached hydrogen (secondary N) is 4. The lowest BCUT2D eigenvalue weighted by Crippen LogP contribution is -2.16. The van der Waals surface area contributed by atoms with Crippen molar-refractivity contribution in [2.24, 2.45) is 0 Å². The highest BCUT2D eigenvalue weighted by Crippen LogP contribution is 2.41. The van der Waals surface area contributed by atoms with Crippen molar-refractivity contribution in [2.75, 3.05) is 10.6 Å². The molecule has 0 spiro atoms. The van der Waals surface area contributed by atoms with Gasteiger partial charge in [0.1, 0.15) is 11.6 Å². The summed E-state index contributed by atoms with van der Waals surface area (Å²) in [5, 5.41) is 23.6. The number of para-hydroxylation sites is 1. The summed E-state index contributed by atoms with van der Waals surface area (Å²) in [6.07, 6.45) is 1.60. The first-order valence-corrected chi connectivity index (χ1v) is 14.3. The van der Waals surface area contributed by atoms with Gasteiger partial charge in [-0.1, -0.05) is 12.1 Å². The number of H-pyrrole nitrogens is 2. The second-order valence-electron chi connectivity index (χ2n) is 9.99. The molecule has 204 valence electrons. The van der Waals surface area contributed by atoms with Crippen LogP contribution in [-0.4, -0.2) is 45.0 Å². The maximum absolute atomic E-state index is 12.9. The molecule has 0 bridgehead atoms. The number of aryl methyl sites for hydroxylation is 1. The molecule has 5 N–H and O–H groups in total. The third-order valence-corrected chi connectivity index (χ3v) is 8.67. The van der Waals surface area contributed by atoms with Crippen molar-refractivity contribution in [1.29, 1.82) is 0 Å². The molecule has 1 aliphatic carbocycles. The quantitative estimate of drug-likeness (QED) is 0.159. The minimum Gasteiger partial charge on any atom is -0.489 e. The van der Waals surface area contributed by atoms with Crippen molar-refractivity contribution in [3.05, 3.63) is 59.9 Å². The number of benzene rings is 2. The molecule has 2 aliphatic rings. The number of hydrogen-bond acceptors (Lipinski definition) is 8. The Bertz CT molecular complexity index is 1720. The molecule has 5 rings (SSSR count). The van der Waals surface area contributed by atoms with E-state index in [4.69, 9.17) is 4.74 Å². The summed E-state index contributed by atoms with van der Waals surface area (Å²) >= 11 is 0. The largest absolute Gasteiger partial charge is 0.489 e. The standard InChI is InChI=1S/C28H32N6O4S/c1-15(2)38-24-11-18-10-20-23(14-35)33-34-26(20)19(18)12-22(24)31-28-29-13-17(5)27(32-28)30-21-8-6-7-9-25(21)39(36,37)16(3)4/h6-13,15-16,33-35H,14H2,1-5H3,(H2,29,30,31,32). The first-order chi connectivity index (χ1) is 18.6. The van der Waals surface area contributed by atoms with Gasteiger partial charge in [-0.2, -0.15) is 4.98 Å². The number of fused-ring (bicyclic) bond motifs is 3. The summed E-state index contributed by atoms with van der Waals surface area (Å²) in [6.45, 7) is 8.98. The van der Waals surface area contributed by atoms with Gasteiger partial charge in [0.25, 0.3) is 0 Å². The van der Waals surface area contributed by atoms with Crippen LogP contribution in [0.15, 0.2) is 53.6 Å². The van der Waals surface area contributed by atoms with E-state index in [1.54, 1.807) is 44.3 Å². The maximum atomic E-state index is 12.9. The van der Waals surface area contributed by atoms with Gasteiger partial charge in [-0.3, -0.25) is 5.10 Å². The van der Waals surface area contributed by atoms with Crippen molar-refractivity contribution in [3.8, 4) is 17.0 Å². The summed E-state index contributed by atoms with van der Waals surface area (Å²) in [5.74, 6) is 1.43. The van der Waals surface area contributed by atoms with Gasteiger partial charge in [-0.05, 0) is 70.3 Å². The number of aliphatic hydroxyl groups excluding tert-OH is 1. The highest BCUT2D eigenvalue weighted by molar-refractivity contribution is 7.92. The number of sulfone groups is 1. The van der Waals surface area contributed by atoms with E-state index in [0.29, 0.717) is 34.6 Å². The van der Waals surface area contributed by atoms with E-state index in [-0.39, 0.29) is 17.6 Å². The average molecular weight is 549 g/mol. The van der Waals surface area contributed by atoms with Crippen LogP contribution in [-0.2, 0) is 16.4 Å². The van der Waals surface area contributed by atoms with Gasteiger partial charge >= 0.3 is 0 Å². The predicted molar refractivity (Wildman–Crippen MR) is 153 cm³/mol. The third-order valence-electron chi connectivity index (χ3n) is 6.46. The van der Waals surface area contributed by atoms with Gasteiger partial charge in [0, 0.05) is 22.7 Å². The number of rotatable bonds is 9. The molecule has 0 amide bonds. The van der Waals surface area contributed by atoms with Crippen LogP contribution in [0.1, 0.15) is 39.0 Å². The number of aromatic amines is 2. The van der Waals surface area contributed by atoms with Crippen LogP contribution in [0.25, 0.3) is 22.0 Å². The van der Waals surface area contributed by atoms with E-state index in [0.717, 1.165) is 27.6 Å². The highest BCUT2D eigenvalue weighted by Gasteiger charge is 2.23. The zero-order valence-electron chi connectivity index (χ0n) is 22.5. The highest BCUT2D eigenvalue weighted by atomic mass is 32.2. The Hall–Kier alpha value is -4.09. The summed E-state index contributed by atoms with van der Waals surface area (Å²) in [6, 6.07) is 12.7. The normalized spacial score (nSPS) is 12.1. The third kappa shape index (κ3) is 5.02. The molecule has 3 aromatic rings. The number of anilines is 4. The SMILES string of the molecule is Cc1cnc(Nc2cc3c4[nH][nH]c(CO)c-4cc3cc2OC(C)C)nc1Nc1ccccc1S(=O)(=O)C(C)C. The predicted octanol–water partition coefficient (Wildman–Crippen LogP) is 5.65. The Morgan fingerprint density at radius 3 is 2.51 bits per heavy atom. The lowest BCUT2D eigenvalue weighted by molar-refractivity contribution is 0.244. The second kappa shape index (κ2) is 10.2. The molecule has 1 aromatic heterocycles. The topological polar surface area (TPSA) is 145 Å². The lowest BCUT2D eigenvalue weighted by Gasteiger charge is -2.17. The van der Waals surface area contributed by atoms with Gasteiger partial charge < -0.3 is 25.6 Å². The fourth-order valence-electron chi connectivity index (χ4n) is 4.40. The number of aromatic nitrogens is 4. The molecule has 0 radical (unpaired) electrons. The average Bonchev–Trinajstić information content (AvgIpc) is 3.45. The molecule has 0 saturated heterocycles. The molecule has 10 nitrogen and oxygen atoms in total. The second-order valence-corrected chi connectivity index (χ2v) is 12.5. The molecule has 2 aromatic carbocycles. The minimum atomic E-state index is -3.51. The van der Waals surface area contributed by atoms with Crippen LogP contribution in [0.3, 0.4) is 0 Å².